The van der Waals surface area contributed by atoms with E-state index in [0.29, 0.717) is 34.9 Å². The van der Waals surface area contributed by atoms with E-state index >= 15 is 0 Å². The second-order valence-corrected chi connectivity index (χ2v) is 8.30. The Morgan fingerprint density at radius 3 is 2.48 bits per heavy atom. The Balaban J connectivity index is 1.53. The van der Waals surface area contributed by atoms with Crippen LogP contribution in [0.5, 0.6) is 5.75 Å². The molecular formula is C25H25ClN4O3. The maximum Gasteiger partial charge on any atom is 0.277 e. The van der Waals surface area contributed by atoms with Gasteiger partial charge in [0, 0.05) is 47.9 Å². The van der Waals surface area contributed by atoms with Crippen molar-refractivity contribution in [3.8, 4) is 17.0 Å². The number of methoxy groups -OCH3 is 1. The van der Waals surface area contributed by atoms with Gasteiger partial charge in [-0.1, -0.05) is 23.7 Å². The van der Waals surface area contributed by atoms with Crippen molar-refractivity contribution in [1.82, 2.24) is 19.5 Å². The summed E-state index contributed by atoms with van der Waals surface area (Å²) in [4.78, 5) is 25.6. The van der Waals surface area contributed by atoms with Gasteiger partial charge in [-0.15, -0.1) is 0 Å². The largest absolute Gasteiger partial charge is 0.497 e. The molecule has 1 N–H and O–H groups in total. The molecule has 4 aromatic rings. The van der Waals surface area contributed by atoms with Gasteiger partial charge in [0.05, 0.1) is 12.8 Å². The molecule has 1 amide bonds. The van der Waals surface area contributed by atoms with Crippen LogP contribution in [-0.2, 0) is 24.8 Å². The van der Waals surface area contributed by atoms with E-state index in [-0.39, 0.29) is 17.9 Å². The van der Waals surface area contributed by atoms with E-state index in [1.807, 2.05) is 61.0 Å². The molecule has 0 unspecified atom stereocenters. The van der Waals surface area contributed by atoms with Crippen LogP contribution >= 0.6 is 11.6 Å². The van der Waals surface area contributed by atoms with Crippen LogP contribution < -0.4 is 15.6 Å². The molecule has 0 aliphatic rings. The predicted octanol–water partition coefficient (Wildman–Crippen LogP) is 3.92. The molecule has 2 aromatic carbocycles. The molecule has 2 heterocycles. The summed E-state index contributed by atoms with van der Waals surface area (Å²) in [5, 5.41) is 8.09. The molecule has 0 fully saturated rings. The molecule has 0 saturated carbocycles. The highest BCUT2D eigenvalue weighted by Crippen LogP contribution is 2.23. The van der Waals surface area contributed by atoms with Gasteiger partial charge < -0.3 is 14.6 Å². The number of carbonyl (C=O) groups excluding carboxylic acids is 1. The monoisotopic (exact) mass is 464 g/mol. The Hall–Kier alpha value is -3.58. The molecule has 0 aliphatic heterocycles. The first-order valence-corrected chi connectivity index (χ1v) is 11.0. The maximum absolute atomic E-state index is 13.2. The Bertz CT molecular complexity index is 1360. The van der Waals surface area contributed by atoms with E-state index in [0.717, 1.165) is 22.6 Å². The Kier molecular flexibility index (Phi) is 6.51. The van der Waals surface area contributed by atoms with Gasteiger partial charge in [0.1, 0.15) is 11.4 Å². The van der Waals surface area contributed by atoms with E-state index < -0.39 is 0 Å². The lowest BCUT2D eigenvalue weighted by Gasteiger charge is -2.12. The van der Waals surface area contributed by atoms with Crippen LogP contribution in [0.15, 0.2) is 59.4 Å². The first kappa shape index (κ1) is 22.6. The minimum atomic E-state index is -0.203. The number of halogens is 1. The molecule has 0 bridgehead atoms. The molecule has 0 aliphatic carbocycles. The number of fused-ring (bicyclic) bond motifs is 1. The van der Waals surface area contributed by atoms with Crippen LogP contribution in [-0.4, -0.2) is 27.2 Å². The fourth-order valence-corrected chi connectivity index (χ4v) is 3.86. The number of amides is 1. The van der Waals surface area contributed by atoms with Crippen LogP contribution in [0, 0.1) is 6.92 Å². The van der Waals surface area contributed by atoms with Crippen LogP contribution in [0.2, 0.25) is 5.02 Å². The van der Waals surface area contributed by atoms with Crippen molar-refractivity contribution in [1.29, 1.82) is 0 Å². The number of aryl methyl sites for hydroxylation is 1. The number of benzene rings is 2. The second-order valence-electron chi connectivity index (χ2n) is 7.86. The lowest BCUT2D eigenvalue weighted by Crippen LogP contribution is -2.27. The average Bonchev–Trinajstić information content (AvgIpc) is 3.28. The highest BCUT2D eigenvalue weighted by Gasteiger charge is 2.16. The summed E-state index contributed by atoms with van der Waals surface area (Å²) < 4.78 is 8.55. The fourth-order valence-electron chi connectivity index (χ4n) is 3.74. The predicted molar refractivity (Wildman–Crippen MR) is 129 cm³/mol. The van der Waals surface area contributed by atoms with Crippen molar-refractivity contribution in [2.75, 3.05) is 7.11 Å². The standard InChI is InChI=1S/C25H25ClN4O3/c1-16-21(12-13-23(31)27-15-17-4-8-19(26)9-5-17)25(32)30-24(29(16)2)14-22(28-30)18-6-10-20(33-3)11-7-18/h4-11,14H,12-13,15H2,1-3H3,(H,27,31). The summed E-state index contributed by atoms with van der Waals surface area (Å²) in [7, 11) is 3.51. The Labute approximate surface area is 196 Å². The van der Waals surface area contributed by atoms with Gasteiger partial charge in [-0.3, -0.25) is 9.59 Å². The number of hydrogen-bond donors (Lipinski definition) is 1. The summed E-state index contributed by atoms with van der Waals surface area (Å²) in [6.07, 6.45) is 0.542. The van der Waals surface area contributed by atoms with Gasteiger partial charge in [-0.05, 0) is 55.3 Å². The quantitative estimate of drug-likeness (QED) is 0.449. The molecule has 0 atom stereocenters. The number of ether oxygens (including phenoxy) is 1. The van der Waals surface area contributed by atoms with E-state index in [9.17, 15) is 9.59 Å². The molecule has 0 saturated heterocycles. The topological polar surface area (TPSA) is 77.6 Å². The molecular weight excluding hydrogens is 440 g/mol. The summed E-state index contributed by atoms with van der Waals surface area (Å²) in [5.74, 6) is 0.635. The van der Waals surface area contributed by atoms with Gasteiger partial charge in [-0.2, -0.15) is 9.61 Å². The van der Waals surface area contributed by atoms with Gasteiger partial charge in [0.25, 0.3) is 5.56 Å². The highest BCUT2D eigenvalue weighted by atomic mass is 35.5. The van der Waals surface area contributed by atoms with Crippen LogP contribution in [0.25, 0.3) is 16.9 Å². The summed E-state index contributed by atoms with van der Waals surface area (Å²) in [6, 6.07) is 16.7. The minimum Gasteiger partial charge on any atom is -0.497 e. The van der Waals surface area contributed by atoms with Crippen molar-refractivity contribution >= 4 is 23.2 Å². The van der Waals surface area contributed by atoms with Crippen molar-refractivity contribution in [2.45, 2.75) is 26.3 Å². The smallest absolute Gasteiger partial charge is 0.277 e. The number of nitrogens with one attached hydrogen (secondary N) is 1. The average molecular weight is 465 g/mol. The van der Waals surface area contributed by atoms with Crippen molar-refractivity contribution in [3.05, 3.63) is 86.8 Å². The number of carbonyl (C=O) groups is 1. The zero-order chi connectivity index (χ0) is 23.5. The Morgan fingerprint density at radius 1 is 1.12 bits per heavy atom. The van der Waals surface area contributed by atoms with E-state index in [4.69, 9.17) is 16.3 Å². The zero-order valence-corrected chi connectivity index (χ0v) is 19.5. The number of nitrogens with zero attached hydrogens (tertiary/aromatic N) is 3. The fraction of sp³-hybridized carbons (Fsp3) is 0.240. The third-order valence-corrected chi connectivity index (χ3v) is 6.07. The summed E-state index contributed by atoms with van der Waals surface area (Å²) >= 11 is 5.89. The molecule has 2 aromatic heterocycles. The van der Waals surface area contributed by atoms with Crippen LogP contribution in [0.4, 0.5) is 0 Å². The SMILES string of the molecule is COc1ccc(-c2cc3n(C)c(C)c(CCC(=O)NCc4ccc(Cl)cc4)c(=O)n3n2)cc1. The van der Waals surface area contributed by atoms with Crippen molar-refractivity contribution in [3.63, 3.8) is 0 Å². The van der Waals surface area contributed by atoms with Crippen LogP contribution in [0.3, 0.4) is 0 Å². The molecule has 0 radical (unpaired) electrons. The van der Waals surface area contributed by atoms with Crippen molar-refractivity contribution < 1.29 is 9.53 Å². The minimum absolute atomic E-state index is 0.120. The Morgan fingerprint density at radius 2 is 1.82 bits per heavy atom. The second kappa shape index (κ2) is 9.50. The summed E-state index contributed by atoms with van der Waals surface area (Å²) in [5.41, 5.74) is 4.44. The maximum atomic E-state index is 13.2. The lowest BCUT2D eigenvalue weighted by atomic mass is 10.1. The molecule has 4 rings (SSSR count). The van der Waals surface area contributed by atoms with Gasteiger partial charge in [0.2, 0.25) is 5.91 Å². The highest BCUT2D eigenvalue weighted by molar-refractivity contribution is 6.30. The van der Waals surface area contributed by atoms with Gasteiger partial charge in [0.15, 0.2) is 0 Å². The first-order chi connectivity index (χ1) is 15.9. The van der Waals surface area contributed by atoms with E-state index in [1.165, 1.54) is 4.52 Å². The number of hydrogen-bond acceptors (Lipinski definition) is 4. The van der Waals surface area contributed by atoms with Gasteiger partial charge in [-0.25, -0.2) is 0 Å². The first-order valence-electron chi connectivity index (χ1n) is 10.6. The number of aromatic nitrogens is 3. The third-order valence-electron chi connectivity index (χ3n) is 5.82. The normalized spacial score (nSPS) is 11.0. The van der Waals surface area contributed by atoms with Crippen LogP contribution in [0.1, 0.15) is 23.2 Å². The molecule has 33 heavy (non-hydrogen) atoms. The molecule has 0 spiro atoms. The van der Waals surface area contributed by atoms with Gasteiger partial charge >= 0.3 is 0 Å². The third kappa shape index (κ3) is 4.78. The van der Waals surface area contributed by atoms with E-state index in [1.54, 1.807) is 19.2 Å². The summed E-state index contributed by atoms with van der Waals surface area (Å²) in [6.45, 7) is 2.30. The molecule has 170 valence electrons. The lowest BCUT2D eigenvalue weighted by molar-refractivity contribution is -0.121. The zero-order valence-electron chi connectivity index (χ0n) is 18.8. The number of rotatable bonds is 7. The molecule has 8 heteroatoms. The van der Waals surface area contributed by atoms with Crippen molar-refractivity contribution in [2.24, 2.45) is 7.05 Å². The molecule has 7 nitrogen and oxygen atoms in total. The van der Waals surface area contributed by atoms with E-state index in [2.05, 4.69) is 10.4 Å².